The molecular weight excluding hydrogens is 612 g/mol. The molecular formula is C35H28O12. The molecule has 0 amide bonds. The van der Waals surface area contributed by atoms with Gasteiger partial charge in [-0.3, -0.25) is 0 Å². The van der Waals surface area contributed by atoms with Crippen molar-refractivity contribution in [3.05, 3.63) is 119 Å². The van der Waals surface area contributed by atoms with Gasteiger partial charge in [0, 0.05) is 13.8 Å². The van der Waals surface area contributed by atoms with Gasteiger partial charge in [0.2, 0.25) is 5.79 Å². The zero-order valence-electron chi connectivity index (χ0n) is 25.0. The first-order valence-electron chi connectivity index (χ1n) is 13.5. The molecule has 0 aliphatic heterocycles. The quantitative estimate of drug-likeness (QED) is 0.0588. The third-order valence-electron chi connectivity index (χ3n) is 5.62. The minimum absolute atomic E-state index is 0.0500. The van der Waals surface area contributed by atoms with E-state index in [1.54, 1.807) is 48.5 Å². The van der Waals surface area contributed by atoms with Crippen LogP contribution in [0.3, 0.4) is 0 Å². The molecule has 4 aromatic rings. The zero-order chi connectivity index (χ0) is 34.2. The van der Waals surface area contributed by atoms with E-state index in [1.165, 1.54) is 38.1 Å². The molecule has 0 heterocycles. The van der Waals surface area contributed by atoms with Crippen molar-refractivity contribution in [3.63, 3.8) is 0 Å². The van der Waals surface area contributed by atoms with Crippen LogP contribution in [0.25, 0.3) is 0 Å². The lowest BCUT2D eigenvalue weighted by Crippen LogP contribution is -2.32. The van der Waals surface area contributed by atoms with Crippen molar-refractivity contribution < 1.29 is 58.4 Å². The number of para-hydroxylation sites is 2. The molecule has 0 aromatic heterocycles. The molecule has 12 nitrogen and oxygen atoms in total. The zero-order valence-corrected chi connectivity index (χ0v) is 25.0. The summed E-state index contributed by atoms with van der Waals surface area (Å²) in [7, 11) is 0. The minimum Gasteiger partial charge on any atom is -0.508 e. The van der Waals surface area contributed by atoms with Crippen molar-refractivity contribution in [1.29, 1.82) is 0 Å². The van der Waals surface area contributed by atoms with E-state index < -0.39 is 23.7 Å². The fraction of sp³-hybridized carbons (Fsp3) is 0.114. The van der Waals surface area contributed by atoms with Gasteiger partial charge >= 0.3 is 17.9 Å². The number of phenolic OH excluding ortho intramolecular Hbond substituents is 1. The highest BCUT2D eigenvalue weighted by Gasteiger charge is 2.29. The van der Waals surface area contributed by atoms with E-state index >= 15 is 0 Å². The van der Waals surface area contributed by atoms with E-state index in [2.05, 4.69) is 12.2 Å². The SMILES string of the molecule is C#COc1ccc(C(=O)O)c(C(=O)OC(C)(C)OOCc2cc(OC#COc3ccccc3)ccc2C(=O)O)c1.Oc1ccccc1. The van der Waals surface area contributed by atoms with Crippen molar-refractivity contribution in [1.82, 2.24) is 0 Å². The van der Waals surface area contributed by atoms with Gasteiger partial charge in [-0.1, -0.05) is 42.8 Å². The van der Waals surface area contributed by atoms with Crippen molar-refractivity contribution in [2.75, 3.05) is 0 Å². The number of carbonyl (C=O) groups is 3. The van der Waals surface area contributed by atoms with Crippen molar-refractivity contribution in [3.8, 4) is 47.7 Å². The van der Waals surface area contributed by atoms with Crippen LogP contribution in [-0.2, 0) is 21.1 Å². The number of hydrogen-bond acceptors (Lipinski definition) is 10. The van der Waals surface area contributed by atoms with Gasteiger partial charge < -0.3 is 34.3 Å². The Kier molecular flexibility index (Phi) is 12.8. The summed E-state index contributed by atoms with van der Waals surface area (Å²) in [6.07, 6.45) is 11.7. The van der Waals surface area contributed by atoms with Crippen LogP contribution in [0.1, 0.15) is 50.5 Å². The number of carbonyl (C=O) groups excluding carboxylic acids is 1. The maximum Gasteiger partial charge on any atom is 0.341 e. The first-order valence-corrected chi connectivity index (χ1v) is 13.5. The molecule has 0 saturated heterocycles. The number of aromatic hydroxyl groups is 1. The van der Waals surface area contributed by atoms with E-state index in [9.17, 15) is 24.6 Å². The van der Waals surface area contributed by atoms with Crippen LogP contribution in [0.4, 0.5) is 0 Å². The third-order valence-corrected chi connectivity index (χ3v) is 5.62. The fourth-order valence-electron chi connectivity index (χ4n) is 3.58. The van der Waals surface area contributed by atoms with E-state index in [0.717, 1.165) is 12.1 Å². The highest BCUT2D eigenvalue weighted by molar-refractivity contribution is 6.02. The molecule has 12 heteroatoms. The molecule has 0 spiro atoms. The molecule has 0 atom stereocenters. The van der Waals surface area contributed by atoms with Gasteiger partial charge in [0.1, 0.15) is 35.7 Å². The first kappa shape index (κ1) is 35.0. The second kappa shape index (κ2) is 17.1. The van der Waals surface area contributed by atoms with Crippen molar-refractivity contribution in [2.45, 2.75) is 26.2 Å². The van der Waals surface area contributed by atoms with Gasteiger partial charge in [0.25, 0.3) is 0 Å². The Hall–Kier alpha value is -6.47. The first-order chi connectivity index (χ1) is 22.5. The van der Waals surface area contributed by atoms with Crippen LogP contribution in [0, 0.1) is 24.7 Å². The van der Waals surface area contributed by atoms with E-state index in [-0.39, 0.29) is 40.4 Å². The number of hydrogen-bond donors (Lipinski definition) is 3. The topological polar surface area (TPSA) is 167 Å². The Balaban J connectivity index is 0.000000756. The Morgan fingerprint density at radius 1 is 0.702 bits per heavy atom. The molecule has 0 bridgehead atoms. The maximum absolute atomic E-state index is 12.7. The molecule has 3 N–H and O–H groups in total. The number of benzene rings is 4. The summed E-state index contributed by atoms with van der Waals surface area (Å²) < 4.78 is 20.6. The summed E-state index contributed by atoms with van der Waals surface area (Å²) in [6, 6.07) is 25.1. The highest BCUT2D eigenvalue weighted by atomic mass is 17.2. The second-order valence-corrected chi connectivity index (χ2v) is 9.55. The number of carboxylic acids is 2. The fourth-order valence-corrected chi connectivity index (χ4v) is 3.58. The Morgan fingerprint density at radius 3 is 1.81 bits per heavy atom. The van der Waals surface area contributed by atoms with E-state index in [0.29, 0.717) is 11.5 Å². The monoisotopic (exact) mass is 640 g/mol. The number of aromatic carboxylic acids is 2. The number of rotatable bonds is 11. The molecule has 0 unspecified atom stereocenters. The van der Waals surface area contributed by atoms with Crippen molar-refractivity contribution in [2.24, 2.45) is 0 Å². The van der Waals surface area contributed by atoms with Crippen LogP contribution in [-0.4, -0.2) is 39.0 Å². The molecule has 240 valence electrons. The van der Waals surface area contributed by atoms with Crippen LogP contribution in [0.2, 0.25) is 0 Å². The summed E-state index contributed by atoms with van der Waals surface area (Å²) in [4.78, 5) is 46.3. The summed E-state index contributed by atoms with van der Waals surface area (Å²) >= 11 is 0. The van der Waals surface area contributed by atoms with Crippen LogP contribution in [0.5, 0.6) is 23.0 Å². The number of esters is 1. The molecule has 4 rings (SSSR count). The third kappa shape index (κ3) is 11.5. The van der Waals surface area contributed by atoms with E-state index in [1.807, 2.05) is 18.2 Å². The number of carboxylic acid groups (broad SMARTS) is 2. The lowest BCUT2D eigenvalue weighted by Gasteiger charge is -2.24. The average Bonchev–Trinajstić information content (AvgIpc) is 3.04. The van der Waals surface area contributed by atoms with Crippen LogP contribution < -0.4 is 14.2 Å². The largest absolute Gasteiger partial charge is 0.508 e. The van der Waals surface area contributed by atoms with E-state index in [4.69, 9.17) is 40.3 Å². The minimum atomic E-state index is -1.73. The number of terminal acetylenes is 1. The Labute approximate surface area is 269 Å². The van der Waals surface area contributed by atoms with Gasteiger partial charge in [-0.2, -0.15) is 4.89 Å². The van der Waals surface area contributed by atoms with Gasteiger partial charge in [0.05, 0.1) is 16.7 Å². The van der Waals surface area contributed by atoms with Gasteiger partial charge in [-0.05, 0) is 66.2 Å². The maximum atomic E-state index is 12.7. The van der Waals surface area contributed by atoms with Gasteiger partial charge in [0.15, 0.2) is 12.2 Å². The lowest BCUT2D eigenvalue weighted by atomic mass is 10.1. The standard InChI is InChI=1S/C29H22O11.C6H6O/c1-4-35-22-11-13-24(27(32)33)25(17-22)28(34)39-29(2,3)40-38-18-19-16-21(10-12-23(19)26(30)31)37-15-14-36-20-8-6-5-7-9-20;7-6-4-2-1-3-5-6/h1,5-13,16-17H,18H2,2-3H3,(H,30,31)(H,32,33);1-5,7H. The highest BCUT2D eigenvalue weighted by Crippen LogP contribution is 2.24. The summed E-state index contributed by atoms with van der Waals surface area (Å²) in [5, 5.41) is 27.5. The molecule has 0 radical (unpaired) electrons. The second-order valence-electron chi connectivity index (χ2n) is 9.55. The summed E-state index contributed by atoms with van der Waals surface area (Å²) in [5.41, 5.74) is -0.639. The summed E-state index contributed by atoms with van der Waals surface area (Å²) in [5.74, 6) is -4.31. The predicted molar refractivity (Wildman–Crippen MR) is 165 cm³/mol. The summed E-state index contributed by atoms with van der Waals surface area (Å²) in [6.45, 7) is 2.26. The molecule has 4 aromatic carbocycles. The van der Waals surface area contributed by atoms with Crippen LogP contribution >= 0.6 is 0 Å². The van der Waals surface area contributed by atoms with Crippen LogP contribution in [0.15, 0.2) is 97.1 Å². The molecule has 0 saturated carbocycles. The number of phenols is 1. The molecule has 0 aliphatic rings. The van der Waals surface area contributed by atoms with Crippen molar-refractivity contribution >= 4 is 17.9 Å². The molecule has 0 fully saturated rings. The predicted octanol–water partition coefficient (Wildman–Crippen LogP) is 5.86. The molecule has 47 heavy (non-hydrogen) atoms. The Bertz CT molecular complexity index is 1780. The molecule has 0 aliphatic carbocycles. The van der Waals surface area contributed by atoms with Gasteiger partial charge in [-0.15, -0.1) is 0 Å². The smallest absolute Gasteiger partial charge is 0.341 e. The average molecular weight is 641 g/mol. The van der Waals surface area contributed by atoms with Gasteiger partial charge in [-0.25, -0.2) is 19.3 Å². The normalized spacial score (nSPS) is 10.1. The Morgan fingerprint density at radius 2 is 1.26 bits per heavy atom. The number of ether oxygens (including phenoxy) is 4. The lowest BCUT2D eigenvalue weighted by molar-refractivity contribution is -0.411.